The van der Waals surface area contributed by atoms with Crippen molar-refractivity contribution >= 4 is 23.2 Å². The third-order valence-electron chi connectivity index (χ3n) is 4.08. The van der Waals surface area contributed by atoms with E-state index in [0.717, 1.165) is 5.56 Å². The van der Waals surface area contributed by atoms with Crippen molar-refractivity contribution in [2.24, 2.45) is 0 Å². The van der Waals surface area contributed by atoms with Gasteiger partial charge in [0, 0.05) is 23.9 Å². The summed E-state index contributed by atoms with van der Waals surface area (Å²) < 4.78 is 12.1. The summed E-state index contributed by atoms with van der Waals surface area (Å²) in [5.74, 6) is 0.812. The van der Waals surface area contributed by atoms with Gasteiger partial charge in [0.15, 0.2) is 0 Å². The third-order valence-corrected chi connectivity index (χ3v) is 4.46. The molecule has 7 heteroatoms. The van der Waals surface area contributed by atoms with Crippen LogP contribution in [0.1, 0.15) is 21.6 Å². The van der Waals surface area contributed by atoms with E-state index >= 15 is 0 Å². The number of ether oxygens (including phenoxy) is 2. The van der Waals surface area contributed by atoms with Crippen LogP contribution in [0.25, 0.3) is 0 Å². The number of nitrogens with one attached hydrogen (secondary N) is 1. The zero-order valence-corrected chi connectivity index (χ0v) is 16.1. The predicted molar refractivity (Wildman–Crippen MR) is 105 cm³/mol. The van der Waals surface area contributed by atoms with E-state index < -0.39 is 0 Å². The second-order valence-corrected chi connectivity index (χ2v) is 6.31. The van der Waals surface area contributed by atoms with Gasteiger partial charge in [0.1, 0.15) is 16.7 Å². The monoisotopic (exact) mass is 385 g/mol. The van der Waals surface area contributed by atoms with Gasteiger partial charge in [-0.2, -0.15) is 5.10 Å². The number of rotatable bonds is 6. The first kappa shape index (κ1) is 18.8. The Kier molecular flexibility index (Phi) is 5.66. The van der Waals surface area contributed by atoms with Gasteiger partial charge in [0.05, 0.1) is 32.0 Å². The van der Waals surface area contributed by atoms with Crippen LogP contribution in [0.3, 0.4) is 0 Å². The molecule has 0 fully saturated rings. The molecule has 0 aliphatic carbocycles. The zero-order chi connectivity index (χ0) is 19.4. The van der Waals surface area contributed by atoms with Gasteiger partial charge >= 0.3 is 0 Å². The van der Waals surface area contributed by atoms with Gasteiger partial charge in [-0.05, 0) is 12.5 Å². The summed E-state index contributed by atoms with van der Waals surface area (Å²) in [6.07, 6.45) is 0. The Bertz CT molecular complexity index is 932. The molecular weight excluding hydrogens is 366 g/mol. The standard InChI is InChI=1S/C20H20ClN3O3/c1-13-18(19(21)24(23-13)12-14-7-5-4-6-8-14)20(25)22-15-9-16(26-2)11-17(10-15)27-3/h4-11H,12H2,1-3H3,(H,22,25). The lowest BCUT2D eigenvalue weighted by atomic mass is 10.2. The summed E-state index contributed by atoms with van der Waals surface area (Å²) in [5, 5.41) is 7.54. The molecule has 0 radical (unpaired) electrons. The van der Waals surface area contributed by atoms with Crippen LogP contribution < -0.4 is 14.8 Å². The van der Waals surface area contributed by atoms with E-state index in [1.165, 1.54) is 0 Å². The minimum Gasteiger partial charge on any atom is -0.497 e. The molecule has 27 heavy (non-hydrogen) atoms. The number of carbonyl (C=O) groups excluding carboxylic acids is 1. The minimum atomic E-state index is -0.341. The molecule has 1 aromatic heterocycles. The number of aryl methyl sites for hydroxylation is 1. The number of hydrogen-bond acceptors (Lipinski definition) is 4. The smallest absolute Gasteiger partial charge is 0.260 e. The Morgan fingerprint density at radius 2 is 1.74 bits per heavy atom. The Hall–Kier alpha value is -2.99. The lowest BCUT2D eigenvalue weighted by molar-refractivity contribution is 0.102. The SMILES string of the molecule is COc1cc(NC(=O)c2c(C)nn(Cc3ccccc3)c2Cl)cc(OC)c1. The number of hydrogen-bond donors (Lipinski definition) is 1. The average molecular weight is 386 g/mol. The van der Waals surface area contributed by atoms with Crippen LogP contribution in [0.5, 0.6) is 11.5 Å². The van der Waals surface area contributed by atoms with Crippen molar-refractivity contribution in [1.82, 2.24) is 9.78 Å². The predicted octanol–water partition coefficient (Wildman–Crippen LogP) is 4.16. The van der Waals surface area contributed by atoms with Gasteiger partial charge in [0.2, 0.25) is 0 Å². The number of halogens is 1. The van der Waals surface area contributed by atoms with Crippen LogP contribution in [0, 0.1) is 6.92 Å². The van der Waals surface area contributed by atoms with E-state index in [-0.39, 0.29) is 5.91 Å². The van der Waals surface area contributed by atoms with Crippen molar-refractivity contribution in [3.05, 3.63) is 70.5 Å². The van der Waals surface area contributed by atoms with Crippen LogP contribution >= 0.6 is 11.6 Å². The third kappa shape index (κ3) is 4.23. The molecular formula is C20H20ClN3O3. The molecule has 3 rings (SSSR count). The number of carbonyl (C=O) groups is 1. The quantitative estimate of drug-likeness (QED) is 0.691. The molecule has 0 aliphatic heterocycles. The van der Waals surface area contributed by atoms with Crippen molar-refractivity contribution in [1.29, 1.82) is 0 Å². The van der Waals surface area contributed by atoms with Gasteiger partial charge in [-0.25, -0.2) is 4.68 Å². The van der Waals surface area contributed by atoms with Crippen molar-refractivity contribution in [2.45, 2.75) is 13.5 Å². The lowest BCUT2D eigenvalue weighted by Crippen LogP contribution is -2.13. The van der Waals surface area contributed by atoms with Crippen molar-refractivity contribution in [3.8, 4) is 11.5 Å². The number of aromatic nitrogens is 2. The highest BCUT2D eigenvalue weighted by Gasteiger charge is 2.21. The number of nitrogens with zero attached hydrogens (tertiary/aromatic N) is 2. The first-order valence-electron chi connectivity index (χ1n) is 8.33. The highest BCUT2D eigenvalue weighted by Crippen LogP contribution is 2.27. The highest BCUT2D eigenvalue weighted by atomic mass is 35.5. The van der Waals surface area contributed by atoms with Crippen LogP contribution in [0.2, 0.25) is 5.15 Å². The van der Waals surface area contributed by atoms with E-state index in [9.17, 15) is 4.79 Å². The molecule has 0 unspecified atom stereocenters. The fourth-order valence-electron chi connectivity index (χ4n) is 2.75. The van der Waals surface area contributed by atoms with Crippen LogP contribution in [0.4, 0.5) is 5.69 Å². The summed E-state index contributed by atoms with van der Waals surface area (Å²) >= 11 is 6.45. The molecule has 0 saturated heterocycles. The Labute approximate surface area is 162 Å². The molecule has 140 valence electrons. The fourth-order valence-corrected chi connectivity index (χ4v) is 3.07. The van der Waals surface area contributed by atoms with Gasteiger partial charge in [0.25, 0.3) is 5.91 Å². The van der Waals surface area contributed by atoms with Crippen molar-refractivity contribution in [2.75, 3.05) is 19.5 Å². The Morgan fingerprint density at radius 1 is 1.11 bits per heavy atom. The topological polar surface area (TPSA) is 65.4 Å². The zero-order valence-electron chi connectivity index (χ0n) is 15.3. The van der Waals surface area contributed by atoms with E-state index in [4.69, 9.17) is 21.1 Å². The summed E-state index contributed by atoms with van der Waals surface area (Å²) in [6.45, 7) is 2.25. The van der Waals surface area contributed by atoms with Crippen molar-refractivity contribution in [3.63, 3.8) is 0 Å². The van der Waals surface area contributed by atoms with Crippen LogP contribution in [-0.4, -0.2) is 29.9 Å². The highest BCUT2D eigenvalue weighted by molar-refractivity contribution is 6.33. The molecule has 0 spiro atoms. The number of methoxy groups -OCH3 is 2. The molecule has 0 saturated carbocycles. The summed E-state index contributed by atoms with van der Waals surface area (Å²) in [4.78, 5) is 12.8. The minimum absolute atomic E-state index is 0.295. The normalized spacial score (nSPS) is 10.5. The second kappa shape index (κ2) is 8.14. The summed E-state index contributed by atoms with van der Waals surface area (Å²) in [5.41, 5.74) is 2.49. The molecule has 6 nitrogen and oxygen atoms in total. The summed E-state index contributed by atoms with van der Waals surface area (Å²) in [7, 11) is 3.10. The maximum Gasteiger partial charge on any atom is 0.260 e. The first-order valence-corrected chi connectivity index (χ1v) is 8.71. The maximum absolute atomic E-state index is 12.8. The maximum atomic E-state index is 12.8. The van der Waals surface area contributed by atoms with Gasteiger partial charge in [-0.3, -0.25) is 4.79 Å². The molecule has 3 aromatic rings. The molecule has 0 aliphatic rings. The van der Waals surface area contributed by atoms with Gasteiger partial charge in [-0.1, -0.05) is 41.9 Å². The number of benzene rings is 2. The molecule has 2 aromatic carbocycles. The molecule has 1 amide bonds. The molecule has 1 N–H and O–H groups in total. The second-order valence-electron chi connectivity index (χ2n) is 5.95. The molecule has 1 heterocycles. The van der Waals surface area contributed by atoms with E-state index in [0.29, 0.717) is 40.1 Å². The van der Waals surface area contributed by atoms with E-state index in [1.54, 1.807) is 44.0 Å². The fraction of sp³-hybridized carbons (Fsp3) is 0.200. The first-order chi connectivity index (χ1) is 13.0. The Balaban J connectivity index is 1.85. The average Bonchev–Trinajstić information content (AvgIpc) is 2.95. The van der Waals surface area contributed by atoms with E-state index in [2.05, 4.69) is 10.4 Å². The summed E-state index contributed by atoms with van der Waals surface area (Å²) in [6, 6.07) is 14.9. The van der Waals surface area contributed by atoms with Crippen molar-refractivity contribution < 1.29 is 14.3 Å². The van der Waals surface area contributed by atoms with Gasteiger partial charge in [-0.15, -0.1) is 0 Å². The number of anilines is 1. The van der Waals surface area contributed by atoms with E-state index in [1.807, 2.05) is 30.3 Å². The lowest BCUT2D eigenvalue weighted by Gasteiger charge is -2.10. The van der Waals surface area contributed by atoms with Gasteiger partial charge < -0.3 is 14.8 Å². The Morgan fingerprint density at radius 3 is 2.33 bits per heavy atom. The molecule has 0 atom stereocenters. The number of amides is 1. The van der Waals surface area contributed by atoms with Crippen LogP contribution in [-0.2, 0) is 6.54 Å². The largest absolute Gasteiger partial charge is 0.497 e. The molecule has 0 bridgehead atoms. The van der Waals surface area contributed by atoms with Crippen LogP contribution in [0.15, 0.2) is 48.5 Å².